The first-order chi connectivity index (χ1) is 12.9. The van der Waals surface area contributed by atoms with E-state index in [2.05, 4.69) is 15.3 Å². The highest BCUT2D eigenvalue weighted by Gasteiger charge is 2.44. The molecule has 0 aromatic heterocycles. The minimum Gasteiger partial charge on any atom is -0.494 e. The molecule has 140 valence electrons. The summed E-state index contributed by atoms with van der Waals surface area (Å²) in [6.45, 7) is 2.47. The van der Waals surface area contributed by atoms with Crippen LogP contribution in [0.15, 0.2) is 34.3 Å². The van der Waals surface area contributed by atoms with E-state index in [0.717, 1.165) is 22.4 Å². The standard InChI is InChI=1S/C17H17N5O4S/c1-4-26-11-7-5-10(6-8-11)18-12(23)9-27-16-19-13-14(20-16)21(2)17(25)22(3)15(13)24/h5-8H,4,9H2,1-3H3/p+1. The summed E-state index contributed by atoms with van der Waals surface area (Å²) in [7, 11) is 2.90. The van der Waals surface area contributed by atoms with Gasteiger partial charge in [0.1, 0.15) is 5.75 Å². The lowest BCUT2D eigenvalue weighted by molar-refractivity contribution is -0.401. The Balaban J connectivity index is 1.61. The van der Waals surface area contributed by atoms with Gasteiger partial charge in [-0.1, -0.05) is 16.8 Å². The topological polar surface area (TPSA) is 103 Å². The Bertz CT molecular complexity index is 904. The number of carbonyl (C=O) groups excluding carboxylic acids is 3. The number of fused-ring (bicyclic) bond motifs is 1. The Morgan fingerprint density at radius 3 is 2.63 bits per heavy atom. The van der Waals surface area contributed by atoms with Gasteiger partial charge in [0.05, 0.1) is 26.5 Å². The van der Waals surface area contributed by atoms with E-state index in [9.17, 15) is 14.4 Å². The molecule has 0 spiro atoms. The van der Waals surface area contributed by atoms with Crippen LogP contribution in [0.4, 0.5) is 10.5 Å². The Hall–Kier alpha value is -3.01. The maximum atomic E-state index is 12.1. The third-order valence-corrected chi connectivity index (χ3v) is 4.65. The van der Waals surface area contributed by atoms with E-state index >= 15 is 0 Å². The molecule has 2 heterocycles. The molecule has 0 bridgehead atoms. The van der Waals surface area contributed by atoms with E-state index < -0.39 is 11.9 Å². The smallest absolute Gasteiger partial charge is 0.446 e. The molecule has 0 fully saturated rings. The molecule has 2 aliphatic rings. The molecule has 0 saturated carbocycles. The lowest BCUT2D eigenvalue weighted by atomic mass is 10.2. The lowest BCUT2D eigenvalue weighted by Crippen LogP contribution is -2.51. The van der Waals surface area contributed by atoms with Gasteiger partial charge in [0, 0.05) is 5.69 Å². The van der Waals surface area contributed by atoms with Crippen LogP contribution in [-0.2, 0) is 9.59 Å². The first kappa shape index (κ1) is 18.8. The van der Waals surface area contributed by atoms with Crippen LogP contribution in [0.1, 0.15) is 6.92 Å². The number of ether oxygens (including phenoxy) is 1. The molecule has 1 aromatic carbocycles. The number of urea groups is 1. The predicted molar refractivity (Wildman–Crippen MR) is 103 cm³/mol. The number of anilines is 1. The third-order valence-electron chi connectivity index (χ3n) is 3.80. The van der Waals surface area contributed by atoms with E-state index in [1.165, 1.54) is 18.7 Å². The maximum Gasteiger partial charge on any atom is 0.446 e. The molecule has 0 saturated heterocycles. The normalized spacial score (nSPS) is 16.2. The van der Waals surface area contributed by atoms with Crippen molar-refractivity contribution in [1.82, 2.24) is 4.90 Å². The van der Waals surface area contributed by atoms with Gasteiger partial charge >= 0.3 is 17.8 Å². The van der Waals surface area contributed by atoms with Crippen LogP contribution >= 0.6 is 11.8 Å². The molecule has 1 N–H and O–H groups in total. The van der Waals surface area contributed by atoms with Crippen LogP contribution in [0.25, 0.3) is 0 Å². The summed E-state index contributed by atoms with van der Waals surface area (Å²) in [6.07, 6.45) is 0. The van der Waals surface area contributed by atoms with Crippen molar-refractivity contribution in [2.45, 2.75) is 6.92 Å². The van der Waals surface area contributed by atoms with Crippen LogP contribution < -0.4 is 10.1 Å². The monoisotopic (exact) mass is 388 g/mol. The molecule has 9 nitrogen and oxygen atoms in total. The van der Waals surface area contributed by atoms with Crippen molar-refractivity contribution >= 4 is 52.0 Å². The number of hydrogen-bond acceptors (Lipinski definition) is 7. The highest BCUT2D eigenvalue weighted by molar-refractivity contribution is 8.14. The molecule has 0 aliphatic carbocycles. The van der Waals surface area contributed by atoms with Gasteiger partial charge in [-0.25, -0.2) is 9.59 Å². The Kier molecular flexibility index (Phi) is 5.36. The van der Waals surface area contributed by atoms with Crippen molar-refractivity contribution in [1.29, 1.82) is 0 Å². The fourth-order valence-electron chi connectivity index (χ4n) is 2.45. The van der Waals surface area contributed by atoms with Gasteiger partial charge in [-0.2, -0.15) is 14.5 Å². The summed E-state index contributed by atoms with van der Waals surface area (Å²) in [5.41, 5.74) is 0.753. The highest BCUT2D eigenvalue weighted by atomic mass is 32.2. The number of rotatable bonds is 5. The van der Waals surface area contributed by atoms with E-state index in [-0.39, 0.29) is 28.4 Å². The number of carbonyl (C=O) groups is 3. The van der Waals surface area contributed by atoms with Crippen molar-refractivity contribution in [3.63, 3.8) is 0 Å². The number of nitrogens with one attached hydrogen (secondary N) is 1. The quantitative estimate of drug-likeness (QED) is 0.764. The fraction of sp³-hybridized carbons (Fsp3) is 0.294. The van der Waals surface area contributed by atoms with E-state index in [1.807, 2.05) is 6.92 Å². The van der Waals surface area contributed by atoms with Crippen molar-refractivity contribution in [2.75, 3.05) is 31.8 Å². The third kappa shape index (κ3) is 3.90. The summed E-state index contributed by atoms with van der Waals surface area (Å²) in [4.78, 5) is 45.5. The Labute approximate surface area is 159 Å². The maximum absolute atomic E-state index is 12.1. The van der Waals surface area contributed by atoms with E-state index in [1.54, 1.807) is 24.3 Å². The van der Waals surface area contributed by atoms with Crippen LogP contribution in [0.5, 0.6) is 5.75 Å². The summed E-state index contributed by atoms with van der Waals surface area (Å²) in [5.74, 6) is 0.259. The van der Waals surface area contributed by atoms with Crippen LogP contribution in [0.2, 0.25) is 0 Å². The summed E-state index contributed by atoms with van der Waals surface area (Å²) >= 11 is 1.09. The number of hydrogen-bond donors (Lipinski definition) is 1. The van der Waals surface area contributed by atoms with Gasteiger partial charge in [0.25, 0.3) is 5.17 Å². The zero-order valence-electron chi connectivity index (χ0n) is 15.1. The zero-order chi connectivity index (χ0) is 19.6. The van der Waals surface area contributed by atoms with Gasteiger partial charge < -0.3 is 10.1 Å². The second-order valence-corrected chi connectivity index (χ2v) is 6.62. The molecule has 2 aliphatic heterocycles. The molecule has 0 unspecified atom stereocenters. The second-order valence-electron chi connectivity index (χ2n) is 5.68. The fourth-order valence-corrected chi connectivity index (χ4v) is 3.08. The van der Waals surface area contributed by atoms with Gasteiger partial charge in [-0.3, -0.25) is 4.79 Å². The largest absolute Gasteiger partial charge is 0.494 e. The van der Waals surface area contributed by atoms with Gasteiger partial charge in [-0.15, -0.1) is 0 Å². The molecule has 0 radical (unpaired) electrons. The number of imide groups is 1. The average Bonchev–Trinajstić information content (AvgIpc) is 3.09. The summed E-state index contributed by atoms with van der Waals surface area (Å²) < 4.78 is 6.61. The SMILES string of the molecule is CCOc1ccc(NC(=O)CSC2=NC3=[N+](C)C(=O)N(C)C(=O)C3=N2)cc1. The molecular formula is C17H18N5O4S+. The average molecular weight is 388 g/mol. The van der Waals surface area contributed by atoms with Crippen molar-refractivity contribution in [3.8, 4) is 5.75 Å². The van der Waals surface area contributed by atoms with Gasteiger partial charge in [0.2, 0.25) is 11.6 Å². The van der Waals surface area contributed by atoms with Crippen molar-refractivity contribution < 1.29 is 23.7 Å². The summed E-state index contributed by atoms with van der Waals surface area (Å²) in [5, 5.41) is 3.03. The first-order valence-electron chi connectivity index (χ1n) is 8.16. The molecule has 0 atom stereocenters. The number of benzene rings is 1. The molecule has 10 heteroatoms. The minimum absolute atomic E-state index is 0.0673. The first-order valence-corrected chi connectivity index (χ1v) is 9.15. The highest BCUT2D eigenvalue weighted by Crippen LogP contribution is 2.18. The molecule has 1 aromatic rings. The number of aliphatic imine (C=N–C) groups is 2. The van der Waals surface area contributed by atoms with Crippen molar-refractivity contribution in [2.24, 2.45) is 9.98 Å². The van der Waals surface area contributed by atoms with Gasteiger partial charge in [0.15, 0.2) is 0 Å². The van der Waals surface area contributed by atoms with Crippen LogP contribution in [-0.4, -0.2) is 70.5 Å². The second kappa shape index (κ2) is 7.70. The van der Waals surface area contributed by atoms with Gasteiger partial charge in [-0.05, 0) is 31.2 Å². The van der Waals surface area contributed by atoms with Crippen LogP contribution in [0.3, 0.4) is 0 Å². The Morgan fingerprint density at radius 1 is 1.26 bits per heavy atom. The number of amidine groups is 2. The van der Waals surface area contributed by atoms with E-state index in [4.69, 9.17) is 4.74 Å². The van der Waals surface area contributed by atoms with E-state index in [0.29, 0.717) is 12.3 Å². The zero-order valence-corrected chi connectivity index (χ0v) is 15.9. The summed E-state index contributed by atoms with van der Waals surface area (Å²) in [6, 6.07) is 6.57. The lowest BCUT2D eigenvalue weighted by Gasteiger charge is -2.15. The Morgan fingerprint density at radius 2 is 1.96 bits per heavy atom. The number of nitrogens with zero attached hydrogens (tertiary/aromatic N) is 4. The predicted octanol–water partition coefficient (Wildman–Crippen LogP) is 1.20. The number of thioether (sulfide) groups is 1. The molecule has 4 amide bonds. The molecule has 27 heavy (non-hydrogen) atoms. The number of amides is 4. The van der Waals surface area contributed by atoms with Crippen molar-refractivity contribution in [3.05, 3.63) is 24.3 Å². The molecular weight excluding hydrogens is 370 g/mol. The molecule has 3 rings (SSSR count). The minimum atomic E-state index is -0.508. The van der Waals surface area contributed by atoms with Crippen LogP contribution in [0, 0.1) is 0 Å².